The van der Waals surface area contributed by atoms with E-state index in [9.17, 15) is 4.21 Å². The van der Waals surface area contributed by atoms with Crippen LogP contribution in [0.2, 0.25) is 0 Å². The minimum absolute atomic E-state index is 0.195. The molecule has 0 aliphatic carbocycles. The van der Waals surface area contributed by atoms with Crippen LogP contribution in [0, 0.1) is 0 Å². The highest BCUT2D eigenvalue weighted by Gasteiger charge is 1.85. The lowest BCUT2D eigenvalue weighted by Gasteiger charge is -1.90. The van der Waals surface area contributed by atoms with Gasteiger partial charge >= 0.3 is 0 Å². The van der Waals surface area contributed by atoms with Crippen LogP contribution in [0.15, 0.2) is 28.6 Å². The second-order valence-electron chi connectivity index (χ2n) is 1.76. The molecule has 0 saturated heterocycles. The predicted molar refractivity (Wildman–Crippen MR) is 41.1 cm³/mol. The quantitative estimate of drug-likeness (QED) is 0.620. The zero-order valence-electron chi connectivity index (χ0n) is 5.15. The van der Waals surface area contributed by atoms with Crippen LogP contribution >= 0.6 is 0 Å². The monoisotopic (exact) mass is 154 g/mol. The van der Waals surface area contributed by atoms with Gasteiger partial charge in [0.05, 0.1) is 5.69 Å². The molecule has 4 heteroatoms. The Balaban J connectivity index is 3.00. The number of nitrogen functional groups attached to an aromatic ring is 1. The molecule has 0 fully saturated rings. The van der Waals surface area contributed by atoms with Crippen molar-refractivity contribution in [2.24, 2.45) is 4.36 Å². The highest BCUT2D eigenvalue weighted by atomic mass is 32.1. The van der Waals surface area contributed by atoms with Crippen molar-refractivity contribution >= 4 is 22.8 Å². The second-order valence-corrected chi connectivity index (χ2v) is 2.09. The van der Waals surface area contributed by atoms with E-state index in [1.54, 1.807) is 24.3 Å². The average Bonchev–Trinajstić information content (AvgIpc) is 1.95. The van der Waals surface area contributed by atoms with Crippen molar-refractivity contribution in [2.75, 3.05) is 5.73 Å². The maximum atomic E-state index is 9.90. The molecule has 0 aliphatic rings. The number of benzene rings is 1. The Bertz CT molecular complexity index is 264. The van der Waals surface area contributed by atoms with Gasteiger partial charge in [0.2, 0.25) is 11.5 Å². The van der Waals surface area contributed by atoms with Crippen molar-refractivity contribution in [3.63, 3.8) is 0 Å². The Labute approximate surface area is 62.1 Å². The van der Waals surface area contributed by atoms with Crippen LogP contribution in [-0.4, -0.2) is 4.21 Å². The smallest absolute Gasteiger partial charge is 0.205 e. The van der Waals surface area contributed by atoms with Crippen molar-refractivity contribution in [1.82, 2.24) is 0 Å². The van der Waals surface area contributed by atoms with E-state index >= 15 is 0 Å². The molecule has 3 nitrogen and oxygen atoms in total. The summed E-state index contributed by atoms with van der Waals surface area (Å²) in [6, 6.07) is 6.80. The normalized spacial score (nSPS) is 8.80. The lowest BCUT2D eigenvalue weighted by atomic mass is 10.3. The van der Waals surface area contributed by atoms with Crippen molar-refractivity contribution in [3.8, 4) is 0 Å². The minimum atomic E-state index is 0.195. The van der Waals surface area contributed by atoms with Crippen molar-refractivity contribution in [2.45, 2.75) is 0 Å². The van der Waals surface area contributed by atoms with Crippen LogP contribution in [0.5, 0.6) is 0 Å². The van der Waals surface area contributed by atoms with Gasteiger partial charge in [0, 0.05) is 5.69 Å². The molecular formula is C6H6N2OS. The number of nitrogens with zero attached hydrogens (tertiary/aromatic N) is 1. The Morgan fingerprint density at radius 3 is 2.40 bits per heavy atom. The molecule has 1 rings (SSSR count). The molecule has 0 radical (unpaired) electrons. The van der Waals surface area contributed by atoms with E-state index in [2.05, 4.69) is 4.36 Å². The summed E-state index contributed by atoms with van der Waals surface area (Å²) in [6.45, 7) is 0. The first kappa shape index (κ1) is 6.95. The van der Waals surface area contributed by atoms with Gasteiger partial charge in [-0.2, -0.15) is 8.57 Å². The molecule has 0 spiro atoms. The topological polar surface area (TPSA) is 55.4 Å². The molecule has 1 aromatic rings. The number of anilines is 1. The van der Waals surface area contributed by atoms with Crippen molar-refractivity contribution < 1.29 is 4.21 Å². The third-order valence-electron chi connectivity index (χ3n) is 1.04. The molecule has 0 aromatic heterocycles. The lowest BCUT2D eigenvalue weighted by molar-refractivity contribution is 0.698. The Morgan fingerprint density at radius 1 is 1.30 bits per heavy atom. The largest absolute Gasteiger partial charge is 0.399 e. The van der Waals surface area contributed by atoms with Crippen LogP contribution in [0.3, 0.4) is 0 Å². The molecule has 0 amide bonds. The molecule has 0 bridgehead atoms. The summed E-state index contributed by atoms with van der Waals surface area (Å²) >= 11 is 0.195. The second kappa shape index (κ2) is 3.12. The summed E-state index contributed by atoms with van der Waals surface area (Å²) in [7, 11) is 0. The molecule has 1 aromatic carbocycles. The molecule has 0 saturated carbocycles. The fourth-order valence-corrected chi connectivity index (χ4v) is 0.786. The number of hydrogen-bond acceptors (Lipinski definition) is 3. The molecule has 52 valence electrons. The number of hydrogen-bond donors (Lipinski definition) is 1. The standard InChI is InChI=1S/C6H6N2OS/c7-5-1-3-6(4-2-5)8-10-9/h1-4H,7H2. The minimum Gasteiger partial charge on any atom is -0.399 e. The van der Waals surface area contributed by atoms with Gasteiger partial charge in [-0.15, -0.1) is 0 Å². The molecule has 0 aliphatic heterocycles. The van der Waals surface area contributed by atoms with Gasteiger partial charge in [0.1, 0.15) is 0 Å². The van der Waals surface area contributed by atoms with Crippen LogP contribution in [0.4, 0.5) is 11.4 Å². The van der Waals surface area contributed by atoms with E-state index in [1.165, 1.54) is 0 Å². The van der Waals surface area contributed by atoms with Gasteiger partial charge in [-0.05, 0) is 24.3 Å². The fraction of sp³-hybridized carbons (Fsp3) is 0. The fourth-order valence-electron chi connectivity index (χ4n) is 0.578. The third kappa shape index (κ3) is 1.66. The molecule has 0 heterocycles. The maximum Gasteiger partial charge on any atom is 0.205 e. The van der Waals surface area contributed by atoms with E-state index < -0.39 is 0 Å². The van der Waals surface area contributed by atoms with Gasteiger partial charge in [0.25, 0.3) is 0 Å². The van der Waals surface area contributed by atoms with Crippen molar-refractivity contribution in [3.05, 3.63) is 24.3 Å². The first-order valence-electron chi connectivity index (χ1n) is 2.68. The van der Waals surface area contributed by atoms with E-state index in [0.717, 1.165) is 0 Å². The zero-order chi connectivity index (χ0) is 7.40. The summed E-state index contributed by atoms with van der Waals surface area (Å²) in [6.07, 6.45) is 0. The van der Waals surface area contributed by atoms with Gasteiger partial charge in [0.15, 0.2) is 0 Å². The zero-order valence-corrected chi connectivity index (χ0v) is 5.97. The molecule has 2 N–H and O–H groups in total. The van der Waals surface area contributed by atoms with Crippen molar-refractivity contribution in [1.29, 1.82) is 0 Å². The highest BCUT2D eigenvalue weighted by Crippen LogP contribution is 2.12. The first-order valence-corrected chi connectivity index (χ1v) is 3.38. The molecule has 0 atom stereocenters. The highest BCUT2D eigenvalue weighted by molar-refractivity contribution is 7.54. The van der Waals surface area contributed by atoms with E-state index in [-0.39, 0.29) is 11.5 Å². The van der Waals surface area contributed by atoms with Gasteiger partial charge in [-0.25, -0.2) is 0 Å². The molecular weight excluding hydrogens is 148 g/mol. The Hall–Kier alpha value is -1.16. The Morgan fingerprint density at radius 2 is 1.90 bits per heavy atom. The molecule has 0 unspecified atom stereocenters. The van der Waals surface area contributed by atoms with Gasteiger partial charge < -0.3 is 5.73 Å². The van der Waals surface area contributed by atoms with Gasteiger partial charge in [-0.1, -0.05) is 0 Å². The van der Waals surface area contributed by atoms with E-state index in [0.29, 0.717) is 11.4 Å². The summed E-state index contributed by atoms with van der Waals surface area (Å²) < 4.78 is 13.5. The number of nitrogens with two attached hydrogens (primary N) is 1. The summed E-state index contributed by atoms with van der Waals surface area (Å²) in [5.74, 6) is 0. The van der Waals surface area contributed by atoms with Crippen LogP contribution in [0.25, 0.3) is 0 Å². The average molecular weight is 154 g/mol. The summed E-state index contributed by atoms with van der Waals surface area (Å²) in [5.41, 5.74) is 6.72. The van der Waals surface area contributed by atoms with Gasteiger partial charge in [-0.3, -0.25) is 0 Å². The van der Waals surface area contributed by atoms with Crippen LogP contribution < -0.4 is 5.73 Å². The summed E-state index contributed by atoms with van der Waals surface area (Å²) in [4.78, 5) is 0. The SMILES string of the molecule is Nc1ccc(N=S=O)cc1. The van der Waals surface area contributed by atoms with E-state index in [4.69, 9.17) is 5.73 Å². The lowest BCUT2D eigenvalue weighted by Crippen LogP contribution is -1.80. The predicted octanol–water partition coefficient (Wildman–Crippen LogP) is 1.30. The maximum absolute atomic E-state index is 9.90. The Kier molecular flexibility index (Phi) is 2.17. The van der Waals surface area contributed by atoms with Crippen LogP contribution in [-0.2, 0) is 11.5 Å². The first-order chi connectivity index (χ1) is 4.83. The molecule has 10 heavy (non-hydrogen) atoms. The van der Waals surface area contributed by atoms with E-state index in [1.807, 2.05) is 0 Å². The summed E-state index contributed by atoms with van der Waals surface area (Å²) in [5, 5.41) is 0. The third-order valence-corrected chi connectivity index (χ3v) is 1.32. The van der Waals surface area contributed by atoms with Crippen LogP contribution in [0.1, 0.15) is 0 Å². The number of rotatable bonds is 1.